The molecule has 2 rings (SSSR count). The number of carbonyl (C=O) groups is 1. The van der Waals surface area contributed by atoms with Crippen molar-refractivity contribution in [3.8, 4) is 5.69 Å². The number of rotatable bonds is 5. The van der Waals surface area contributed by atoms with Crippen LogP contribution in [0.15, 0.2) is 30.6 Å². The van der Waals surface area contributed by atoms with Gasteiger partial charge in [0.15, 0.2) is 0 Å². The van der Waals surface area contributed by atoms with Crippen molar-refractivity contribution < 1.29 is 9.53 Å². The molecule has 1 amide bonds. The van der Waals surface area contributed by atoms with Gasteiger partial charge in [-0.15, -0.1) is 5.10 Å². The second-order valence-electron chi connectivity index (χ2n) is 4.13. The summed E-state index contributed by atoms with van der Waals surface area (Å²) in [6.07, 6.45) is 1.48. The second kappa shape index (κ2) is 6.05. The number of tetrazole rings is 1. The van der Waals surface area contributed by atoms with Gasteiger partial charge < -0.3 is 10.1 Å². The zero-order valence-electron chi connectivity index (χ0n) is 10.8. The Hall–Kier alpha value is -2.28. The predicted octanol–water partition coefficient (Wildman–Crippen LogP) is 0.427. The first-order valence-electron chi connectivity index (χ1n) is 5.84. The molecule has 2 aromatic rings. The maximum absolute atomic E-state index is 12.0. The molecule has 19 heavy (non-hydrogen) atoms. The number of amides is 1. The number of benzene rings is 1. The van der Waals surface area contributed by atoms with Gasteiger partial charge in [0.25, 0.3) is 5.91 Å². The summed E-state index contributed by atoms with van der Waals surface area (Å²) in [6, 6.07) is 7.03. The van der Waals surface area contributed by atoms with Gasteiger partial charge in [0.1, 0.15) is 6.33 Å². The fourth-order valence-electron chi connectivity index (χ4n) is 1.67. The van der Waals surface area contributed by atoms with Gasteiger partial charge in [-0.1, -0.05) is 6.07 Å². The highest BCUT2D eigenvalue weighted by atomic mass is 16.5. The summed E-state index contributed by atoms with van der Waals surface area (Å²) in [4.78, 5) is 12.0. The molecule has 7 heteroatoms. The maximum Gasteiger partial charge on any atom is 0.251 e. The Bertz CT molecular complexity index is 541. The number of nitrogens with one attached hydrogen (secondary N) is 1. The summed E-state index contributed by atoms with van der Waals surface area (Å²) in [6.45, 7) is 2.35. The fraction of sp³-hybridized carbons (Fsp3) is 0.333. The normalized spacial score (nSPS) is 12.1. The molecule has 0 aliphatic carbocycles. The summed E-state index contributed by atoms with van der Waals surface area (Å²) in [5, 5.41) is 13.7. The molecule has 1 aromatic heterocycles. The summed E-state index contributed by atoms with van der Waals surface area (Å²) < 4.78 is 6.47. The molecule has 0 aliphatic heterocycles. The molecule has 1 aromatic carbocycles. The van der Waals surface area contributed by atoms with Crippen molar-refractivity contribution in [3.63, 3.8) is 0 Å². The van der Waals surface area contributed by atoms with Crippen molar-refractivity contribution in [1.29, 1.82) is 0 Å². The van der Waals surface area contributed by atoms with Crippen LogP contribution in [0, 0.1) is 0 Å². The van der Waals surface area contributed by atoms with Crippen molar-refractivity contribution in [2.75, 3.05) is 13.7 Å². The minimum Gasteiger partial charge on any atom is -0.383 e. The third-order valence-corrected chi connectivity index (χ3v) is 2.52. The van der Waals surface area contributed by atoms with E-state index >= 15 is 0 Å². The minimum absolute atomic E-state index is 0.0470. The molecule has 0 unspecified atom stereocenters. The van der Waals surface area contributed by atoms with Crippen LogP contribution in [0.1, 0.15) is 17.3 Å². The smallest absolute Gasteiger partial charge is 0.251 e. The number of hydrogen-bond donors (Lipinski definition) is 1. The summed E-state index contributed by atoms with van der Waals surface area (Å²) in [5.74, 6) is -0.153. The maximum atomic E-state index is 12.0. The third kappa shape index (κ3) is 3.35. The van der Waals surface area contributed by atoms with Gasteiger partial charge in [0, 0.05) is 18.7 Å². The molecule has 0 saturated heterocycles. The largest absolute Gasteiger partial charge is 0.383 e. The lowest BCUT2D eigenvalue weighted by Gasteiger charge is -2.13. The van der Waals surface area contributed by atoms with Gasteiger partial charge in [0.05, 0.1) is 12.3 Å². The van der Waals surface area contributed by atoms with Crippen molar-refractivity contribution in [3.05, 3.63) is 36.2 Å². The number of hydrogen-bond acceptors (Lipinski definition) is 5. The van der Waals surface area contributed by atoms with E-state index in [1.54, 1.807) is 25.3 Å². The predicted molar refractivity (Wildman–Crippen MR) is 68.0 cm³/mol. The van der Waals surface area contributed by atoms with E-state index < -0.39 is 0 Å². The zero-order chi connectivity index (χ0) is 13.7. The average Bonchev–Trinajstić information content (AvgIpc) is 2.93. The van der Waals surface area contributed by atoms with E-state index in [0.29, 0.717) is 12.2 Å². The summed E-state index contributed by atoms with van der Waals surface area (Å²) >= 11 is 0. The lowest BCUT2D eigenvalue weighted by atomic mass is 10.2. The highest BCUT2D eigenvalue weighted by molar-refractivity contribution is 5.94. The van der Waals surface area contributed by atoms with Crippen LogP contribution >= 0.6 is 0 Å². The second-order valence-corrected chi connectivity index (χ2v) is 4.13. The Morgan fingerprint density at radius 3 is 3.05 bits per heavy atom. The fourth-order valence-corrected chi connectivity index (χ4v) is 1.67. The molecular formula is C12H15N5O2. The van der Waals surface area contributed by atoms with E-state index in [2.05, 4.69) is 20.8 Å². The van der Waals surface area contributed by atoms with E-state index in [9.17, 15) is 4.79 Å². The highest BCUT2D eigenvalue weighted by Crippen LogP contribution is 2.08. The summed E-state index contributed by atoms with van der Waals surface area (Å²) in [5.41, 5.74) is 1.29. The minimum atomic E-state index is -0.153. The molecule has 100 valence electrons. The molecule has 0 spiro atoms. The van der Waals surface area contributed by atoms with Crippen LogP contribution in [0.2, 0.25) is 0 Å². The van der Waals surface area contributed by atoms with Crippen molar-refractivity contribution in [2.45, 2.75) is 13.0 Å². The number of nitrogens with zero attached hydrogens (tertiary/aromatic N) is 4. The van der Waals surface area contributed by atoms with Gasteiger partial charge in [-0.25, -0.2) is 4.68 Å². The first-order valence-corrected chi connectivity index (χ1v) is 5.84. The van der Waals surface area contributed by atoms with Crippen LogP contribution in [0.25, 0.3) is 5.69 Å². The third-order valence-electron chi connectivity index (χ3n) is 2.52. The van der Waals surface area contributed by atoms with Gasteiger partial charge in [-0.05, 0) is 35.5 Å². The summed E-state index contributed by atoms with van der Waals surface area (Å²) in [7, 11) is 1.60. The molecular weight excluding hydrogens is 246 g/mol. The molecule has 0 bridgehead atoms. The molecule has 0 saturated carbocycles. The molecule has 0 aliphatic rings. The number of methoxy groups -OCH3 is 1. The Morgan fingerprint density at radius 2 is 2.37 bits per heavy atom. The van der Waals surface area contributed by atoms with Crippen LogP contribution < -0.4 is 5.32 Å². The first-order chi connectivity index (χ1) is 9.20. The lowest BCUT2D eigenvalue weighted by Crippen LogP contribution is -2.35. The van der Waals surface area contributed by atoms with Gasteiger partial charge in [0.2, 0.25) is 0 Å². The van der Waals surface area contributed by atoms with Crippen molar-refractivity contribution in [2.24, 2.45) is 0 Å². The molecule has 0 radical (unpaired) electrons. The van der Waals surface area contributed by atoms with Gasteiger partial charge in [-0.2, -0.15) is 0 Å². The molecule has 1 atom stereocenters. The standard InChI is InChI=1S/C12H15N5O2/c1-9(7-19-2)14-12(18)10-4-3-5-11(6-10)17-8-13-15-16-17/h3-6,8-9H,7H2,1-2H3,(H,14,18)/t9-/m0/s1. The SMILES string of the molecule is COC[C@H](C)NC(=O)c1cccc(-n2cnnn2)c1. The van der Waals surface area contributed by atoms with Gasteiger partial charge in [-0.3, -0.25) is 4.79 Å². The van der Waals surface area contributed by atoms with Crippen LogP contribution in [0.4, 0.5) is 0 Å². The van der Waals surface area contributed by atoms with Crippen LogP contribution in [0.3, 0.4) is 0 Å². The Labute approximate surface area is 110 Å². The van der Waals surface area contributed by atoms with Crippen LogP contribution in [-0.2, 0) is 4.74 Å². The average molecular weight is 261 g/mol. The molecule has 1 heterocycles. The lowest BCUT2D eigenvalue weighted by molar-refractivity contribution is 0.0905. The first kappa shape index (κ1) is 13.2. The molecule has 1 N–H and O–H groups in total. The molecule has 7 nitrogen and oxygen atoms in total. The highest BCUT2D eigenvalue weighted by Gasteiger charge is 2.10. The van der Waals surface area contributed by atoms with E-state index in [1.807, 2.05) is 13.0 Å². The van der Waals surface area contributed by atoms with Crippen LogP contribution in [0.5, 0.6) is 0 Å². The number of carbonyl (C=O) groups excluding carboxylic acids is 1. The van der Waals surface area contributed by atoms with Crippen LogP contribution in [-0.4, -0.2) is 45.9 Å². The van der Waals surface area contributed by atoms with E-state index in [4.69, 9.17) is 4.74 Å². The van der Waals surface area contributed by atoms with E-state index in [1.165, 1.54) is 11.0 Å². The molecule has 0 fully saturated rings. The topological polar surface area (TPSA) is 81.9 Å². The van der Waals surface area contributed by atoms with Crippen molar-refractivity contribution >= 4 is 5.91 Å². The number of aromatic nitrogens is 4. The Morgan fingerprint density at radius 1 is 1.53 bits per heavy atom. The monoisotopic (exact) mass is 261 g/mol. The number of ether oxygens (including phenoxy) is 1. The van der Waals surface area contributed by atoms with E-state index in [-0.39, 0.29) is 11.9 Å². The Balaban J connectivity index is 2.12. The van der Waals surface area contributed by atoms with Crippen molar-refractivity contribution in [1.82, 2.24) is 25.5 Å². The quantitative estimate of drug-likeness (QED) is 0.844. The van der Waals surface area contributed by atoms with E-state index in [0.717, 1.165) is 5.69 Å². The zero-order valence-corrected chi connectivity index (χ0v) is 10.8. The van der Waals surface area contributed by atoms with Gasteiger partial charge >= 0.3 is 0 Å². The Kier molecular flexibility index (Phi) is 4.19.